The molecule has 0 radical (unpaired) electrons. The zero-order chi connectivity index (χ0) is 10.7. The van der Waals surface area contributed by atoms with Crippen molar-refractivity contribution in [2.45, 2.75) is 63.3 Å². The highest BCUT2D eigenvalue weighted by Crippen LogP contribution is 2.39. The van der Waals surface area contributed by atoms with Gasteiger partial charge in [-0.25, -0.2) is 0 Å². The fraction of sp³-hybridized carbons (Fsp3) is 1.00. The molecule has 0 aromatic carbocycles. The molecule has 2 rings (SSSR count). The van der Waals surface area contributed by atoms with Gasteiger partial charge in [0.15, 0.2) is 0 Å². The third kappa shape index (κ3) is 2.92. The monoisotopic (exact) mass is 214 g/mol. The second-order valence-corrected chi connectivity index (χ2v) is 4.88. The van der Waals surface area contributed by atoms with E-state index >= 15 is 0 Å². The van der Waals surface area contributed by atoms with Crippen molar-refractivity contribution < 1.29 is 14.6 Å². The highest BCUT2D eigenvalue weighted by molar-refractivity contribution is 4.95. The third-order valence-corrected chi connectivity index (χ3v) is 3.57. The van der Waals surface area contributed by atoms with Gasteiger partial charge in [-0.05, 0) is 32.6 Å². The maximum atomic E-state index is 10.1. The Bertz CT molecular complexity index is 193. The number of ether oxygens (including phenoxy) is 2. The molecular formula is C12H22O3. The van der Waals surface area contributed by atoms with E-state index in [1.54, 1.807) is 0 Å². The Morgan fingerprint density at radius 2 is 2.27 bits per heavy atom. The summed E-state index contributed by atoms with van der Waals surface area (Å²) in [5.74, 6) is 0. The average Bonchev–Trinajstić information content (AvgIpc) is 2.65. The predicted octanol–water partition coefficient (Wildman–Crippen LogP) is 1.88. The van der Waals surface area contributed by atoms with Crippen LogP contribution in [0, 0.1) is 0 Å². The molecule has 2 fully saturated rings. The van der Waals surface area contributed by atoms with Crippen LogP contribution in [0.1, 0.15) is 45.4 Å². The van der Waals surface area contributed by atoms with Crippen LogP contribution in [-0.4, -0.2) is 36.1 Å². The van der Waals surface area contributed by atoms with Gasteiger partial charge in [0.2, 0.25) is 0 Å². The summed E-state index contributed by atoms with van der Waals surface area (Å²) in [5, 5.41) is 10.1. The first-order valence-corrected chi connectivity index (χ1v) is 6.17. The molecule has 3 heteroatoms. The standard InChI is InChI=1S/C12H22O3/c1-2-14-11-8-12(13,9-11)6-5-10-4-3-7-15-10/h10-11,13H,2-9H2,1H3. The summed E-state index contributed by atoms with van der Waals surface area (Å²) >= 11 is 0. The molecule has 0 aromatic heterocycles. The molecule has 88 valence electrons. The van der Waals surface area contributed by atoms with E-state index in [1.165, 1.54) is 12.8 Å². The van der Waals surface area contributed by atoms with E-state index in [0.29, 0.717) is 12.2 Å². The van der Waals surface area contributed by atoms with Crippen LogP contribution in [0.3, 0.4) is 0 Å². The molecule has 1 unspecified atom stereocenters. The predicted molar refractivity (Wildman–Crippen MR) is 57.8 cm³/mol. The lowest BCUT2D eigenvalue weighted by Gasteiger charge is -2.43. The summed E-state index contributed by atoms with van der Waals surface area (Å²) in [5.41, 5.74) is -0.453. The van der Waals surface area contributed by atoms with Gasteiger partial charge < -0.3 is 14.6 Å². The Morgan fingerprint density at radius 3 is 2.87 bits per heavy atom. The van der Waals surface area contributed by atoms with E-state index in [9.17, 15) is 5.11 Å². The van der Waals surface area contributed by atoms with E-state index in [-0.39, 0.29) is 0 Å². The summed E-state index contributed by atoms with van der Waals surface area (Å²) in [6.45, 7) is 3.67. The number of rotatable bonds is 5. The molecule has 1 N–H and O–H groups in total. The van der Waals surface area contributed by atoms with Crippen molar-refractivity contribution >= 4 is 0 Å². The molecule has 1 saturated carbocycles. The van der Waals surface area contributed by atoms with E-state index in [1.807, 2.05) is 6.92 Å². The smallest absolute Gasteiger partial charge is 0.0698 e. The van der Waals surface area contributed by atoms with Crippen molar-refractivity contribution in [2.75, 3.05) is 13.2 Å². The third-order valence-electron chi connectivity index (χ3n) is 3.57. The van der Waals surface area contributed by atoms with Crippen LogP contribution in [-0.2, 0) is 9.47 Å². The second-order valence-electron chi connectivity index (χ2n) is 4.88. The maximum absolute atomic E-state index is 10.1. The van der Waals surface area contributed by atoms with Crippen LogP contribution in [0.25, 0.3) is 0 Å². The highest BCUT2D eigenvalue weighted by atomic mass is 16.5. The van der Waals surface area contributed by atoms with Gasteiger partial charge in [0.25, 0.3) is 0 Å². The molecule has 0 aromatic rings. The molecule has 1 saturated heterocycles. The molecule has 15 heavy (non-hydrogen) atoms. The zero-order valence-electron chi connectivity index (χ0n) is 9.58. The first-order chi connectivity index (χ1) is 7.22. The van der Waals surface area contributed by atoms with Crippen molar-refractivity contribution in [3.05, 3.63) is 0 Å². The van der Waals surface area contributed by atoms with Crippen molar-refractivity contribution in [1.29, 1.82) is 0 Å². The minimum absolute atomic E-state index is 0.296. The number of aliphatic hydroxyl groups is 1. The SMILES string of the molecule is CCOC1CC(O)(CCC2CCCO2)C1. The van der Waals surface area contributed by atoms with Crippen LogP contribution in [0.5, 0.6) is 0 Å². The first-order valence-electron chi connectivity index (χ1n) is 6.17. The van der Waals surface area contributed by atoms with Gasteiger partial charge in [0.05, 0.1) is 17.8 Å². The Labute approximate surface area is 91.8 Å². The summed E-state index contributed by atoms with van der Waals surface area (Å²) in [4.78, 5) is 0. The summed E-state index contributed by atoms with van der Waals surface area (Å²) in [6.07, 6.45) is 6.57. The second kappa shape index (κ2) is 4.81. The molecule has 1 heterocycles. The topological polar surface area (TPSA) is 38.7 Å². The van der Waals surface area contributed by atoms with Crippen LogP contribution in [0.15, 0.2) is 0 Å². The van der Waals surface area contributed by atoms with Crippen LogP contribution < -0.4 is 0 Å². The fourth-order valence-electron chi connectivity index (χ4n) is 2.65. The zero-order valence-corrected chi connectivity index (χ0v) is 9.58. The highest BCUT2D eigenvalue weighted by Gasteiger charge is 2.43. The number of hydrogen-bond acceptors (Lipinski definition) is 3. The minimum atomic E-state index is -0.453. The Morgan fingerprint density at radius 1 is 1.47 bits per heavy atom. The van der Waals surface area contributed by atoms with E-state index < -0.39 is 5.60 Å². The number of hydrogen-bond donors (Lipinski definition) is 1. The lowest BCUT2D eigenvalue weighted by atomic mass is 9.74. The maximum Gasteiger partial charge on any atom is 0.0698 e. The quantitative estimate of drug-likeness (QED) is 0.759. The molecule has 1 aliphatic heterocycles. The molecule has 1 aliphatic carbocycles. The van der Waals surface area contributed by atoms with Crippen molar-refractivity contribution in [1.82, 2.24) is 0 Å². The summed E-state index contributed by atoms with van der Waals surface area (Å²) < 4.78 is 11.0. The van der Waals surface area contributed by atoms with Gasteiger partial charge >= 0.3 is 0 Å². The minimum Gasteiger partial charge on any atom is -0.390 e. The van der Waals surface area contributed by atoms with Gasteiger partial charge in [0.1, 0.15) is 0 Å². The molecule has 0 amide bonds. The van der Waals surface area contributed by atoms with E-state index in [4.69, 9.17) is 9.47 Å². The van der Waals surface area contributed by atoms with Crippen LogP contribution in [0.2, 0.25) is 0 Å². The van der Waals surface area contributed by atoms with E-state index in [0.717, 1.165) is 38.9 Å². The van der Waals surface area contributed by atoms with Crippen molar-refractivity contribution in [3.63, 3.8) is 0 Å². The van der Waals surface area contributed by atoms with Crippen LogP contribution >= 0.6 is 0 Å². The molecule has 0 spiro atoms. The first kappa shape index (κ1) is 11.4. The summed E-state index contributed by atoms with van der Waals surface area (Å²) in [6, 6.07) is 0. The van der Waals surface area contributed by atoms with Crippen LogP contribution in [0.4, 0.5) is 0 Å². The van der Waals surface area contributed by atoms with Gasteiger partial charge in [-0.15, -0.1) is 0 Å². The largest absolute Gasteiger partial charge is 0.390 e. The summed E-state index contributed by atoms with van der Waals surface area (Å²) in [7, 11) is 0. The fourth-order valence-corrected chi connectivity index (χ4v) is 2.65. The van der Waals surface area contributed by atoms with E-state index in [2.05, 4.69) is 0 Å². The van der Waals surface area contributed by atoms with Gasteiger partial charge in [-0.1, -0.05) is 0 Å². The van der Waals surface area contributed by atoms with Crippen molar-refractivity contribution in [2.24, 2.45) is 0 Å². The molecule has 3 nitrogen and oxygen atoms in total. The molecular weight excluding hydrogens is 192 g/mol. The molecule has 1 atom stereocenters. The van der Waals surface area contributed by atoms with Gasteiger partial charge in [-0.3, -0.25) is 0 Å². The Kier molecular flexibility index (Phi) is 3.65. The van der Waals surface area contributed by atoms with Gasteiger partial charge in [-0.2, -0.15) is 0 Å². The Hall–Kier alpha value is -0.120. The average molecular weight is 214 g/mol. The Balaban J connectivity index is 1.63. The molecule has 2 aliphatic rings. The normalized spacial score (nSPS) is 40.4. The molecule has 0 bridgehead atoms. The lowest BCUT2D eigenvalue weighted by Crippen LogP contribution is -2.48. The van der Waals surface area contributed by atoms with Crippen molar-refractivity contribution in [3.8, 4) is 0 Å². The van der Waals surface area contributed by atoms with Gasteiger partial charge in [0, 0.05) is 26.1 Å². The lowest BCUT2D eigenvalue weighted by molar-refractivity contribution is -0.144.